The smallest absolute Gasteiger partial charge is 0.0687 e. The lowest BCUT2D eigenvalue weighted by Gasteiger charge is -2.09. The fourth-order valence-electron chi connectivity index (χ4n) is 1.93. The minimum absolute atomic E-state index is 0.685. The Morgan fingerprint density at radius 2 is 1.56 bits per heavy atom. The monoisotopic (exact) mass is 230 g/mol. The van der Waals surface area contributed by atoms with E-state index in [1.165, 1.54) is 22.3 Å². The summed E-state index contributed by atoms with van der Waals surface area (Å²) in [7, 11) is -0.725. The summed E-state index contributed by atoms with van der Waals surface area (Å²) in [5.41, 5.74) is 4.90. The molecule has 1 unspecified atom stereocenters. The van der Waals surface area contributed by atoms with E-state index >= 15 is 0 Å². The first-order valence-electron chi connectivity index (χ1n) is 5.40. The van der Waals surface area contributed by atoms with E-state index in [0.29, 0.717) is 6.16 Å². The highest BCUT2D eigenvalue weighted by atomic mass is 31.1. The summed E-state index contributed by atoms with van der Waals surface area (Å²) in [6.07, 6.45) is 0.685. The summed E-state index contributed by atoms with van der Waals surface area (Å²) in [5, 5.41) is 0. The van der Waals surface area contributed by atoms with Crippen molar-refractivity contribution in [3.63, 3.8) is 0 Å². The maximum atomic E-state index is 10.9. The third-order valence-electron chi connectivity index (χ3n) is 2.76. The molecular weight excluding hydrogens is 215 g/mol. The number of rotatable bonds is 3. The summed E-state index contributed by atoms with van der Waals surface area (Å²) in [4.78, 5) is 0. The molecule has 0 saturated heterocycles. The van der Waals surface area contributed by atoms with Crippen LogP contribution in [-0.2, 0) is 10.7 Å². The van der Waals surface area contributed by atoms with Crippen molar-refractivity contribution >= 4 is 8.46 Å². The molecule has 82 valence electrons. The summed E-state index contributed by atoms with van der Waals surface area (Å²) < 4.78 is 10.9. The van der Waals surface area contributed by atoms with Gasteiger partial charge in [0, 0.05) is 6.16 Å². The maximum absolute atomic E-state index is 10.9. The summed E-state index contributed by atoms with van der Waals surface area (Å²) in [5.74, 6) is 0. The summed E-state index contributed by atoms with van der Waals surface area (Å²) >= 11 is 0. The zero-order valence-electron chi connectivity index (χ0n) is 9.31. The van der Waals surface area contributed by atoms with Crippen LogP contribution in [0.15, 0.2) is 48.5 Å². The Hall–Kier alpha value is -1.33. The summed E-state index contributed by atoms with van der Waals surface area (Å²) in [6.45, 7) is 2.11. The van der Waals surface area contributed by atoms with Gasteiger partial charge in [-0.25, -0.2) is 0 Å². The van der Waals surface area contributed by atoms with Crippen LogP contribution >= 0.6 is 8.46 Å². The lowest BCUT2D eigenvalue weighted by atomic mass is 9.97. The van der Waals surface area contributed by atoms with Crippen LogP contribution in [0.25, 0.3) is 11.1 Å². The molecule has 1 nitrogen and oxygen atoms in total. The predicted molar refractivity (Wildman–Crippen MR) is 70.7 cm³/mol. The lowest BCUT2D eigenvalue weighted by Crippen LogP contribution is -1.88. The minimum atomic E-state index is -0.725. The van der Waals surface area contributed by atoms with Crippen LogP contribution in [0.5, 0.6) is 0 Å². The van der Waals surface area contributed by atoms with Crippen LogP contribution in [0.3, 0.4) is 0 Å². The zero-order chi connectivity index (χ0) is 11.4. The van der Waals surface area contributed by atoms with E-state index in [9.17, 15) is 4.57 Å². The Balaban J connectivity index is 2.55. The Labute approximate surface area is 97.3 Å². The molecule has 2 heteroatoms. The average molecular weight is 230 g/mol. The van der Waals surface area contributed by atoms with Gasteiger partial charge in [0.15, 0.2) is 0 Å². The molecule has 0 aromatic heterocycles. The number of hydrogen-bond acceptors (Lipinski definition) is 1. The van der Waals surface area contributed by atoms with Crippen LogP contribution in [0.4, 0.5) is 0 Å². The van der Waals surface area contributed by atoms with Gasteiger partial charge in [-0.05, 0) is 29.2 Å². The van der Waals surface area contributed by atoms with Crippen molar-refractivity contribution in [3.05, 3.63) is 59.7 Å². The largest absolute Gasteiger partial charge is 0.330 e. The van der Waals surface area contributed by atoms with Gasteiger partial charge in [0.1, 0.15) is 0 Å². The third kappa shape index (κ3) is 2.25. The molecule has 0 bridgehead atoms. The lowest BCUT2D eigenvalue weighted by molar-refractivity contribution is 0.598. The first-order valence-corrected chi connectivity index (χ1v) is 6.69. The number of hydrogen-bond donors (Lipinski definition) is 0. The highest BCUT2D eigenvalue weighted by Crippen LogP contribution is 2.28. The molecule has 0 aliphatic rings. The Morgan fingerprint density at radius 3 is 2.25 bits per heavy atom. The normalized spacial score (nSPS) is 11.1. The van der Waals surface area contributed by atoms with Crippen molar-refractivity contribution in [2.45, 2.75) is 13.1 Å². The number of benzene rings is 2. The van der Waals surface area contributed by atoms with Crippen LogP contribution in [0.1, 0.15) is 11.1 Å². The average Bonchev–Trinajstić information content (AvgIpc) is 2.31. The standard InChI is InChI=1S/C14H15OP/c1-11-6-2-4-8-13(11)14-9-5-3-7-12(14)10-16-15/h2-9H,10,16H2,1H3. The van der Waals surface area contributed by atoms with Gasteiger partial charge in [-0.1, -0.05) is 48.5 Å². The van der Waals surface area contributed by atoms with Crippen molar-refractivity contribution in [1.29, 1.82) is 0 Å². The predicted octanol–water partition coefficient (Wildman–Crippen LogP) is 3.92. The van der Waals surface area contributed by atoms with Crippen LogP contribution in [-0.4, -0.2) is 0 Å². The molecule has 0 heterocycles. The Kier molecular flexibility index (Phi) is 3.58. The van der Waals surface area contributed by atoms with E-state index < -0.39 is 8.46 Å². The molecule has 0 fully saturated rings. The Morgan fingerprint density at radius 1 is 0.938 bits per heavy atom. The second-order valence-electron chi connectivity index (χ2n) is 3.84. The highest BCUT2D eigenvalue weighted by molar-refractivity contribution is 7.22. The molecule has 2 aromatic rings. The van der Waals surface area contributed by atoms with Crippen LogP contribution in [0.2, 0.25) is 0 Å². The molecule has 0 saturated carbocycles. The SMILES string of the molecule is Cc1ccccc1-c1ccccc1C[PH2]=O. The van der Waals surface area contributed by atoms with E-state index in [4.69, 9.17) is 0 Å². The van der Waals surface area contributed by atoms with E-state index in [0.717, 1.165) is 0 Å². The van der Waals surface area contributed by atoms with Gasteiger partial charge in [-0.3, -0.25) is 0 Å². The third-order valence-corrected chi connectivity index (χ3v) is 3.36. The first kappa shape index (κ1) is 11.2. The van der Waals surface area contributed by atoms with E-state index in [1.54, 1.807) is 0 Å². The van der Waals surface area contributed by atoms with Crippen molar-refractivity contribution < 1.29 is 4.57 Å². The van der Waals surface area contributed by atoms with Gasteiger partial charge in [0.05, 0.1) is 8.46 Å². The van der Waals surface area contributed by atoms with E-state index in [-0.39, 0.29) is 0 Å². The molecule has 0 aliphatic heterocycles. The molecule has 2 rings (SSSR count). The molecule has 0 aliphatic carbocycles. The molecule has 1 atom stereocenters. The molecule has 0 spiro atoms. The fourth-order valence-corrected chi connectivity index (χ4v) is 2.46. The molecule has 0 amide bonds. The Bertz CT molecular complexity index is 506. The first-order chi connectivity index (χ1) is 7.83. The molecular formula is C14H15OP. The molecule has 2 aromatic carbocycles. The van der Waals surface area contributed by atoms with E-state index in [2.05, 4.69) is 31.2 Å². The van der Waals surface area contributed by atoms with Gasteiger partial charge in [0.25, 0.3) is 0 Å². The second-order valence-corrected chi connectivity index (χ2v) is 4.58. The quantitative estimate of drug-likeness (QED) is 0.730. The minimum Gasteiger partial charge on any atom is -0.330 e. The van der Waals surface area contributed by atoms with Crippen LogP contribution in [0, 0.1) is 6.92 Å². The molecule has 16 heavy (non-hydrogen) atoms. The van der Waals surface area contributed by atoms with Crippen LogP contribution < -0.4 is 0 Å². The fraction of sp³-hybridized carbons (Fsp3) is 0.143. The van der Waals surface area contributed by atoms with Gasteiger partial charge >= 0.3 is 0 Å². The van der Waals surface area contributed by atoms with E-state index in [1.807, 2.05) is 24.3 Å². The van der Waals surface area contributed by atoms with Gasteiger partial charge in [0.2, 0.25) is 0 Å². The van der Waals surface area contributed by atoms with Crippen molar-refractivity contribution in [1.82, 2.24) is 0 Å². The zero-order valence-corrected chi connectivity index (χ0v) is 10.5. The molecule has 0 radical (unpaired) electrons. The van der Waals surface area contributed by atoms with Crippen molar-refractivity contribution in [2.24, 2.45) is 0 Å². The van der Waals surface area contributed by atoms with Crippen molar-refractivity contribution in [3.8, 4) is 11.1 Å². The van der Waals surface area contributed by atoms with Gasteiger partial charge in [-0.15, -0.1) is 0 Å². The summed E-state index contributed by atoms with van der Waals surface area (Å²) in [6, 6.07) is 16.5. The second kappa shape index (κ2) is 5.14. The van der Waals surface area contributed by atoms with Gasteiger partial charge < -0.3 is 4.57 Å². The highest BCUT2D eigenvalue weighted by Gasteiger charge is 2.05. The number of aryl methyl sites for hydroxylation is 1. The van der Waals surface area contributed by atoms with Crippen molar-refractivity contribution in [2.75, 3.05) is 0 Å². The topological polar surface area (TPSA) is 17.1 Å². The molecule has 0 N–H and O–H groups in total. The maximum Gasteiger partial charge on any atom is 0.0687 e. The van der Waals surface area contributed by atoms with Gasteiger partial charge in [-0.2, -0.15) is 0 Å².